The van der Waals surface area contributed by atoms with E-state index in [0.29, 0.717) is 15.2 Å². The molecule has 24 heavy (non-hydrogen) atoms. The first kappa shape index (κ1) is 17.5. The summed E-state index contributed by atoms with van der Waals surface area (Å²) >= 11 is 17.7. The van der Waals surface area contributed by atoms with Gasteiger partial charge >= 0.3 is 0 Å². The average molecular weight is 384 g/mol. The van der Waals surface area contributed by atoms with Crippen LogP contribution in [0.2, 0.25) is 10.0 Å². The molecule has 5 nitrogen and oxygen atoms in total. The fourth-order valence-electron chi connectivity index (χ4n) is 2.71. The second kappa shape index (κ2) is 7.70. The fourth-order valence-corrected chi connectivity index (χ4v) is 3.34. The van der Waals surface area contributed by atoms with E-state index >= 15 is 0 Å². The molecule has 128 valence electrons. The minimum absolute atomic E-state index is 0.608. The summed E-state index contributed by atoms with van der Waals surface area (Å²) in [5, 5.41) is 9.33. The molecule has 1 aliphatic heterocycles. The van der Waals surface area contributed by atoms with Crippen LogP contribution in [0.5, 0.6) is 0 Å². The zero-order chi connectivity index (χ0) is 17.1. The molecule has 1 aromatic carbocycles. The van der Waals surface area contributed by atoms with E-state index in [4.69, 9.17) is 35.4 Å². The molecular formula is C16H19Cl2N5S. The molecule has 0 aliphatic carbocycles. The highest BCUT2D eigenvalue weighted by atomic mass is 35.5. The smallest absolute Gasteiger partial charge is 0.173 e. The van der Waals surface area contributed by atoms with E-state index in [1.807, 2.05) is 17.9 Å². The first-order valence-corrected chi connectivity index (χ1v) is 8.88. The quantitative estimate of drug-likeness (QED) is 0.823. The molecule has 2 heterocycles. The summed E-state index contributed by atoms with van der Waals surface area (Å²) in [4.78, 5) is 4.56. The topological polar surface area (TPSA) is 36.3 Å². The van der Waals surface area contributed by atoms with E-state index in [0.717, 1.165) is 38.4 Å². The minimum Gasteiger partial charge on any atom is -0.346 e. The maximum atomic E-state index is 6.18. The van der Waals surface area contributed by atoms with Crippen LogP contribution in [0.3, 0.4) is 0 Å². The van der Waals surface area contributed by atoms with E-state index in [1.165, 1.54) is 5.56 Å². The summed E-state index contributed by atoms with van der Waals surface area (Å²) in [5.74, 6) is 0. The van der Waals surface area contributed by atoms with Gasteiger partial charge in [0, 0.05) is 56.6 Å². The molecule has 1 saturated heterocycles. The molecule has 0 atom stereocenters. The zero-order valence-corrected chi connectivity index (χ0v) is 15.7. The number of aromatic nitrogens is 2. The lowest BCUT2D eigenvalue weighted by molar-refractivity contribution is 0.177. The Labute approximate surface area is 157 Å². The van der Waals surface area contributed by atoms with Crippen LogP contribution in [0.1, 0.15) is 5.56 Å². The Morgan fingerprint density at radius 2 is 2.00 bits per heavy atom. The van der Waals surface area contributed by atoms with E-state index < -0.39 is 0 Å². The number of hydrogen-bond donors (Lipinski definition) is 1. The van der Waals surface area contributed by atoms with Crippen molar-refractivity contribution in [3.63, 3.8) is 0 Å². The van der Waals surface area contributed by atoms with Gasteiger partial charge in [0.1, 0.15) is 0 Å². The van der Waals surface area contributed by atoms with E-state index in [2.05, 4.69) is 26.4 Å². The summed E-state index contributed by atoms with van der Waals surface area (Å²) in [7, 11) is 1.94. The van der Waals surface area contributed by atoms with Crippen LogP contribution in [0.25, 0.3) is 0 Å². The van der Waals surface area contributed by atoms with E-state index in [-0.39, 0.29) is 0 Å². The van der Waals surface area contributed by atoms with Crippen LogP contribution in [0, 0.1) is 0 Å². The molecule has 1 aliphatic rings. The predicted molar refractivity (Wildman–Crippen MR) is 103 cm³/mol. The molecule has 0 radical (unpaired) electrons. The van der Waals surface area contributed by atoms with Gasteiger partial charge in [-0.1, -0.05) is 23.2 Å². The molecule has 8 heteroatoms. The number of benzene rings is 1. The molecule has 2 aromatic rings. The summed E-state index contributed by atoms with van der Waals surface area (Å²) in [6.45, 7) is 4.59. The van der Waals surface area contributed by atoms with Crippen molar-refractivity contribution in [1.82, 2.24) is 19.6 Å². The summed E-state index contributed by atoms with van der Waals surface area (Å²) in [6, 6.07) is 5.31. The van der Waals surface area contributed by atoms with Gasteiger partial charge in [-0.2, -0.15) is 5.10 Å². The van der Waals surface area contributed by atoms with Gasteiger partial charge in [-0.25, -0.2) is 0 Å². The van der Waals surface area contributed by atoms with Gasteiger partial charge in [-0.3, -0.25) is 9.58 Å². The molecule has 0 bridgehead atoms. The van der Waals surface area contributed by atoms with Crippen LogP contribution < -0.4 is 5.32 Å². The van der Waals surface area contributed by atoms with Gasteiger partial charge in [0.25, 0.3) is 0 Å². The molecule has 3 rings (SSSR count). The summed E-state index contributed by atoms with van der Waals surface area (Å²) in [6.07, 6.45) is 3.97. The highest BCUT2D eigenvalue weighted by Crippen LogP contribution is 2.25. The van der Waals surface area contributed by atoms with Crippen molar-refractivity contribution >= 4 is 46.2 Å². The molecule has 1 aromatic heterocycles. The van der Waals surface area contributed by atoms with Crippen LogP contribution >= 0.6 is 35.4 Å². The number of anilines is 1. The normalized spacial score (nSPS) is 15.5. The number of rotatable bonds is 3. The Morgan fingerprint density at radius 3 is 2.67 bits per heavy atom. The molecule has 0 amide bonds. The number of halogens is 2. The van der Waals surface area contributed by atoms with Gasteiger partial charge in [-0.15, -0.1) is 0 Å². The van der Waals surface area contributed by atoms with Crippen molar-refractivity contribution < 1.29 is 0 Å². The van der Waals surface area contributed by atoms with Crippen LogP contribution in [0.4, 0.5) is 5.69 Å². The lowest BCUT2D eigenvalue weighted by Crippen LogP contribution is -2.49. The third-order valence-corrected chi connectivity index (χ3v) is 4.92. The third-order valence-electron chi connectivity index (χ3n) is 3.99. The maximum Gasteiger partial charge on any atom is 0.173 e. The second-order valence-electron chi connectivity index (χ2n) is 5.84. The lowest BCUT2D eigenvalue weighted by atomic mass is 10.2. The minimum atomic E-state index is 0.608. The highest BCUT2D eigenvalue weighted by molar-refractivity contribution is 7.80. The average Bonchev–Trinajstić information content (AvgIpc) is 2.96. The molecular weight excluding hydrogens is 365 g/mol. The van der Waals surface area contributed by atoms with Gasteiger partial charge in [0.15, 0.2) is 5.11 Å². The Morgan fingerprint density at radius 1 is 1.25 bits per heavy atom. The number of nitrogens with zero attached hydrogens (tertiary/aromatic N) is 4. The van der Waals surface area contributed by atoms with Crippen molar-refractivity contribution in [2.24, 2.45) is 7.05 Å². The van der Waals surface area contributed by atoms with Crippen molar-refractivity contribution in [2.75, 3.05) is 31.5 Å². The van der Waals surface area contributed by atoms with Gasteiger partial charge in [-0.05, 0) is 30.4 Å². The highest BCUT2D eigenvalue weighted by Gasteiger charge is 2.19. The monoisotopic (exact) mass is 383 g/mol. The standard InChI is InChI=1S/C16H19Cl2N5S/c1-21-10-12(9-19-21)11-22-4-6-23(7-5-22)16(24)20-15-8-13(17)2-3-14(15)18/h2-3,8-10H,4-7,11H2,1H3,(H,20,24). The van der Waals surface area contributed by atoms with Crippen molar-refractivity contribution in [3.8, 4) is 0 Å². The van der Waals surface area contributed by atoms with Gasteiger partial charge in [0.05, 0.1) is 16.9 Å². The summed E-state index contributed by atoms with van der Waals surface area (Å²) < 4.78 is 1.83. The Bertz CT molecular complexity index is 725. The predicted octanol–water partition coefficient (Wildman–Crippen LogP) is 3.24. The number of aryl methyl sites for hydroxylation is 1. The van der Waals surface area contributed by atoms with E-state index in [9.17, 15) is 0 Å². The Hall–Kier alpha value is -1.34. The SMILES string of the molecule is Cn1cc(CN2CCN(C(=S)Nc3cc(Cl)ccc3Cl)CC2)cn1. The largest absolute Gasteiger partial charge is 0.346 e. The Balaban J connectivity index is 1.52. The molecule has 0 saturated carbocycles. The maximum absolute atomic E-state index is 6.18. The van der Waals surface area contributed by atoms with Crippen LogP contribution in [-0.4, -0.2) is 50.9 Å². The van der Waals surface area contributed by atoms with Gasteiger partial charge < -0.3 is 10.2 Å². The van der Waals surface area contributed by atoms with Crippen molar-refractivity contribution in [1.29, 1.82) is 0 Å². The third kappa shape index (κ3) is 4.39. The van der Waals surface area contributed by atoms with Gasteiger partial charge in [0.2, 0.25) is 0 Å². The number of piperazine rings is 1. The zero-order valence-electron chi connectivity index (χ0n) is 13.4. The van der Waals surface area contributed by atoms with E-state index in [1.54, 1.807) is 18.2 Å². The summed E-state index contributed by atoms with van der Waals surface area (Å²) in [5.41, 5.74) is 1.98. The lowest BCUT2D eigenvalue weighted by Gasteiger charge is -2.36. The first-order valence-electron chi connectivity index (χ1n) is 7.72. The van der Waals surface area contributed by atoms with Crippen molar-refractivity contribution in [2.45, 2.75) is 6.54 Å². The molecule has 0 spiro atoms. The molecule has 1 fully saturated rings. The van der Waals surface area contributed by atoms with Crippen LogP contribution in [0.15, 0.2) is 30.6 Å². The number of hydrogen-bond acceptors (Lipinski definition) is 3. The molecule has 1 N–H and O–H groups in total. The number of thiocarbonyl (C=S) groups is 1. The number of nitrogens with one attached hydrogen (secondary N) is 1. The Kier molecular flexibility index (Phi) is 5.61. The second-order valence-corrected chi connectivity index (χ2v) is 7.07. The first-order chi connectivity index (χ1) is 11.5. The van der Waals surface area contributed by atoms with Crippen LogP contribution in [-0.2, 0) is 13.6 Å². The molecule has 0 unspecified atom stereocenters. The fraction of sp³-hybridized carbons (Fsp3) is 0.375. The van der Waals surface area contributed by atoms with Crippen molar-refractivity contribution in [3.05, 3.63) is 46.2 Å².